The van der Waals surface area contributed by atoms with Crippen molar-refractivity contribution < 1.29 is 0 Å². The first-order chi connectivity index (χ1) is 4.89. The summed E-state index contributed by atoms with van der Waals surface area (Å²) in [6, 6.07) is 0. The first-order valence-electron chi connectivity index (χ1n) is 3.64. The molecule has 1 saturated heterocycles. The first kappa shape index (κ1) is 9.57. The molecule has 1 heterocycles. The maximum absolute atomic E-state index is 4.52. The van der Waals surface area contributed by atoms with Crippen LogP contribution in [0.3, 0.4) is 0 Å². The van der Waals surface area contributed by atoms with Crippen molar-refractivity contribution in [1.29, 1.82) is 0 Å². The molecule has 0 aromatic rings. The molecule has 0 aliphatic carbocycles. The number of rotatable bonds is 0. The third-order valence-electron chi connectivity index (χ3n) is 1.44. The lowest BCUT2D eigenvalue weighted by Gasteiger charge is -2.05. The van der Waals surface area contributed by atoms with Gasteiger partial charge in [0.05, 0.1) is 5.53 Å². The molecule has 60 valence electrons. The second kappa shape index (κ2) is 6.05. The van der Waals surface area contributed by atoms with E-state index in [4.69, 9.17) is 0 Å². The van der Waals surface area contributed by atoms with Crippen LogP contribution in [-0.2, 0) is 0 Å². The molecule has 0 aromatic carbocycles. The lowest BCUT2D eigenvalue weighted by atomic mass is 10.2. The fourth-order valence-electron chi connectivity index (χ4n) is 0.880. The summed E-state index contributed by atoms with van der Waals surface area (Å²) in [5, 5.41) is 0. The topological polar surface area (TPSA) is 0 Å². The summed E-state index contributed by atoms with van der Waals surface area (Å²) < 4.78 is 0. The molecule has 0 saturated carbocycles. The summed E-state index contributed by atoms with van der Waals surface area (Å²) >= 11 is 8.63. The zero-order valence-electron chi connectivity index (χ0n) is 5.95. The van der Waals surface area contributed by atoms with Gasteiger partial charge in [0.2, 0.25) is 0 Å². The smallest absolute Gasteiger partial charge is 0.0697 e. The van der Waals surface area contributed by atoms with Crippen LogP contribution in [0.1, 0.15) is 25.7 Å². The molecule has 1 aliphatic rings. The summed E-state index contributed by atoms with van der Waals surface area (Å²) in [4.78, 5) is 0. The summed E-state index contributed by atoms with van der Waals surface area (Å²) in [5.41, 5.74) is -0.0246. The quantitative estimate of drug-likeness (QED) is 0.472. The Morgan fingerprint density at radius 1 is 0.900 bits per heavy atom. The van der Waals surface area contributed by atoms with E-state index in [1.807, 2.05) is 0 Å². The molecule has 0 atom stereocenters. The first-order valence-corrected chi connectivity index (χ1v) is 9.32. The highest BCUT2D eigenvalue weighted by molar-refractivity contribution is 9.09. The van der Waals surface area contributed by atoms with Gasteiger partial charge in [0.1, 0.15) is 0 Å². The Kier molecular flexibility index (Phi) is 5.79. The van der Waals surface area contributed by atoms with Crippen LogP contribution in [0.4, 0.5) is 0 Å². The van der Waals surface area contributed by atoms with Crippen molar-refractivity contribution in [3.63, 3.8) is 0 Å². The minimum Gasteiger partial charge on any atom is -0.130 e. The molecule has 0 spiro atoms. The molecule has 0 amide bonds. The molecular formula is C6H13PS3. The maximum Gasteiger partial charge on any atom is 0.0697 e. The van der Waals surface area contributed by atoms with Crippen molar-refractivity contribution >= 4 is 40.5 Å². The molecule has 1 fully saturated rings. The third-order valence-corrected chi connectivity index (χ3v) is 9.22. The zero-order chi connectivity index (χ0) is 7.23. The molecule has 0 nitrogen and oxygen atoms in total. The summed E-state index contributed by atoms with van der Waals surface area (Å²) in [5.74, 6) is 2.67. The van der Waals surface area contributed by atoms with Crippen molar-refractivity contribution in [1.82, 2.24) is 0 Å². The van der Waals surface area contributed by atoms with Gasteiger partial charge in [-0.2, -0.15) is 0 Å². The second-order valence-corrected chi connectivity index (χ2v) is 11.4. The molecule has 0 unspecified atom stereocenters. The van der Waals surface area contributed by atoms with Crippen LogP contribution in [0, 0.1) is 0 Å². The average Bonchev–Trinajstić information content (AvgIpc) is 2.02. The Bertz CT molecular complexity index is 79.1. The van der Waals surface area contributed by atoms with E-state index in [-0.39, 0.29) is 5.53 Å². The van der Waals surface area contributed by atoms with E-state index in [9.17, 15) is 0 Å². The van der Waals surface area contributed by atoms with Crippen molar-refractivity contribution in [2.24, 2.45) is 0 Å². The Labute approximate surface area is 77.7 Å². The average molecular weight is 212 g/mol. The van der Waals surface area contributed by atoms with E-state index >= 15 is 0 Å². The van der Waals surface area contributed by atoms with Gasteiger partial charge in [0.15, 0.2) is 0 Å². The molecule has 1 aliphatic heterocycles. The van der Waals surface area contributed by atoms with E-state index in [1.54, 1.807) is 0 Å². The fourth-order valence-corrected chi connectivity index (χ4v) is 7.35. The van der Waals surface area contributed by atoms with Crippen LogP contribution in [-0.4, -0.2) is 11.5 Å². The minimum absolute atomic E-state index is 0.0246. The van der Waals surface area contributed by atoms with E-state index in [0.717, 1.165) is 0 Å². The molecule has 0 N–H and O–H groups in total. The molecule has 0 radical (unpaired) electrons. The Morgan fingerprint density at radius 3 is 1.90 bits per heavy atom. The predicted octanol–water partition coefficient (Wildman–Crippen LogP) is 4.18. The largest absolute Gasteiger partial charge is 0.130 e. The van der Waals surface area contributed by atoms with Crippen LogP contribution >= 0.6 is 40.5 Å². The van der Waals surface area contributed by atoms with E-state index in [0.29, 0.717) is 0 Å². The normalized spacial score (nSPS) is 24.9. The Morgan fingerprint density at radius 2 is 1.40 bits per heavy atom. The van der Waals surface area contributed by atoms with Crippen LogP contribution < -0.4 is 0 Å². The molecule has 10 heavy (non-hydrogen) atoms. The molecule has 1 rings (SSSR count). The predicted molar refractivity (Wildman–Crippen MR) is 59.3 cm³/mol. The van der Waals surface area contributed by atoms with Gasteiger partial charge in [-0.05, 0) is 24.3 Å². The van der Waals surface area contributed by atoms with Crippen molar-refractivity contribution in [3.05, 3.63) is 0 Å². The summed E-state index contributed by atoms with van der Waals surface area (Å²) in [6.07, 6.45) is 5.68. The highest BCUT2D eigenvalue weighted by Crippen LogP contribution is 2.65. The SMILES string of the molecule is SP1SCCCCCCS1. The number of thiol groups is 1. The van der Waals surface area contributed by atoms with Gasteiger partial charge >= 0.3 is 0 Å². The standard InChI is InChI=1S/C6H13PS3/c8-7-9-5-3-1-2-4-6-10-7/h8H,1-6H2. The van der Waals surface area contributed by atoms with Crippen LogP contribution in [0.2, 0.25) is 0 Å². The van der Waals surface area contributed by atoms with Crippen molar-refractivity contribution in [3.8, 4) is 0 Å². The van der Waals surface area contributed by atoms with Gasteiger partial charge < -0.3 is 0 Å². The van der Waals surface area contributed by atoms with E-state index in [2.05, 4.69) is 35.0 Å². The van der Waals surface area contributed by atoms with Crippen LogP contribution in [0.15, 0.2) is 0 Å². The van der Waals surface area contributed by atoms with Gasteiger partial charge in [-0.25, -0.2) is 0 Å². The van der Waals surface area contributed by atoms with Gasteiger partial charge in [0, 0.05) is 0 Å². The van der Waals surface area contributed by atoms with Crippen molar-refractivity contribution in [2.45, 2.75) is 25.7 Å². The van der Waals surface area contributed by atoms with Gasteiger partial charge in [-0.3, -0.25) is 0 Å². The highest BCUT2D eigenvalue weighted by atomic mass is 33.4. The Balaban J connectivity index is 2.15. The molecular weight excluding hydrogens is 199 g/mol. The van der Waals surface area contributed by atoms with Crippen LogP contribution in [0.25, 0.3) is 0 Å². The van der Waals surface area contributed by atoms with Gasteiger partial charge in [-0.1, -0.05) is 12.8 Å². The van der Waals surface area contributed by atoms with Gasteiger partial charge in [0.25, 0.3) is 0 Å². The monoisotopic (exact) mass is 212 g/mol. The van der Waals surface area contributed by atoms with E-state index < -0.39 is 0 Å². The number of hydrogen-bond donors (Lipinski definition) is 1. The molecule has 0 bridgehead atoms. The highest BCUT2D eigenvalue weighted by Gasteiger charge is 2.05. The fraction of sp³-hybridized carbons (Fsp3) is 1.00. The van der Waals surface area contributed by atoms with E-state index in [1.165, 1.54) is 37.2 Å². The maximum atomic E-state index is 4.52. The second-order valence-electron chi connectivity index (χ2n) is 2.32. The minimum atomic E-state index is -0.0246. The third kappa shape index (κ3) is 4.38. The molecule has 4 heteroatoms. The van der Waals surface area contributed by atoms with Gasteiger partial charge in [-0.15, -0.1) is 35.0 Å². The lowest BCUT2D eigenvalue weighted by molar-refractivity contribution is 0.713. The summed E-state index contributed by atoms with van der Waals surface area (Å²) in [7, 11) is 0. The summed E-state index contributed by atoms with van der Waals surface area (Å²) in [6.45, 7) is 0. The number of hydrogen-bond acceptors (Lipinski definition) is 3. The van der Waals surface area contributed by atoms with Crippen LogP contribution in [0.5, 0.6) is 0 Å². The zero-order valence-corrected chi connectivity index (χ0v) is 9.38. The van der Waals surface area contributed by atoms with Crippen molar-refractivity contribution in [2.75, 3.05) is 11.5 Å². The molecule has 0 aromatic heterocycles. The lowest BCUT2D eigenvalue weighted by Crippen LogP contribution is -1.78. The Hall–Kier alpha value is 1.48.